The Bertz CT molecular complexity index is 1180. The Morgan fingerprint density at radius 3 is 2.84 bits per heavy atom. The number of carbonyl (C=O) groups excluding carboxylic acids is 1. The summed E-state index contributed by atoms with van der Waals surface area (Å²) in [5.41, 5.74) is 2.87. The van der Waals surface area contributed by atoms with E-state index in [1.165, 1.54) is 18.6 Å². The van der Waals surface area contributed by atoms with Crippen LogP contribution in [-0.4, -0.2) is 45.0 Å². The van der Waals surface area contributed by atoms with Gasteiger partial charge in [-0.05, 0) is 50.7 Å². The third-order valence-corrected chi connectivity index (χ3v) is 7.02. The fourth-order valence-electron chi connectivity index (χ4n) is 4.94. The summed E-state index contributed by atoms with van der Waals surface area (Å²) in [6.07, 6.45) is 5.90. The Morgan fingerprint density at radius 2 is 2.06 bits per heavy atom. The fraction of sp³-hybridized carbons (Fsp3) is 0.458. The van der Waals surface area contributed by atoms with Gasteiger partial charge >= 0.3 is 0 Å². The second kappa shape index (κ2) is 8.35. The molecule has 1 aromatic carbocycles. The molecule has 2 atom stereocenters. The summed E-state index contributed by atoms with van der Waals surface area (Å²) in [4.78, 5) is 22.3. The van der Waals surface area contributed by atoms with E-state index in [1.807, 2.05) is 12.3 Å². The van der Waals surface area contributed by atoms with Gasteiger partial charge in [0.25, 0.3) is 5.91 Å². The number of nitrogens with zero attached hydrogens (tertiary/aromatic N) is 5. The number of aryl methyl sites for hydroxylation is 1. The maximum atomic E-state index is 14.0. The van der Waals surface area contributed by atoms with Crippen molar-refractivity contribution < 1.29 is 9.18 Å². The topological polar surface area (TPSA) is 53.7 Å². The minimum Gasteiger partial charge on any atom is -0.356 e. The molecule has 0 saturated carbocycles. The highest BCUT2D eigenvalue weighted by molar-refractivity contribution is 6.34. The lowest BCUT2D eigenvalue weighted by Gasteiger charge is -2.35. The molecule has 32 heavy (non-hydrogen) atoms. The number of likely N-dealkylation sites (tertiary alicyclic amines) is 1. The van der Waals surface area contributed by atoms with Crippen LogP contribution in [0.2, 0.25) is 5.02 Å². The van der Waals surface area contributed by atoms with Crippen LogP contribution < -0.4 is 4.90 Å². The summed E-state index contributed by atoms with van der Waals surface area (Å²) < 4.78 is 15.8. The maximum absolute atomic E-state index is 14.0. The van der Waals surface area contributed by atoms with Crippen molar-refractivity contribution in [2.24, 2.45) is 5.92 Å². The van der Waals surface area contributed by atoms with E-state index in [9.17, 15) is 9.18 Å². The second-order valence-electron chi connectivity index (χ2n) is 9.07. The van der Waals surface area contributed by atoms with E-state index in [4.69, 9.17) is 21.7 Å². The zero-order valence-corrected chi connectivity index (χ0v) is 19.1. The minimum atomic E-state index is -0.581. The molecule has 0 N–H and O–H groups in total. The lowest BCUT2D eigenvalue weighted by Crippen LogP contribution is -2.39. The van der Waals surface area contributed by atoms with E-state index < -0.39 is 5.82 Å². The molecule has 5 rings (SSSR count). The first-order chi connectivity index (χ1) is 15.4. The van der Waals surface area contributed by atoms with E-state index in [-0.39, 0.29) is 22.5 Å². The van der Waals surface area contributed by atoms with Crippen LogP contribution in [0, 0.1) is 18.7 Å². The van der Waals surface area contributed by atoms with Crippen LogP contribution in [-0.2, 0) is 0 Å². The lowest BCUT2D eigenvalue weighted by molar-refractivity contribution is 0.0605. The predicted molar refractivity (Wildman–Crippen MR) is 123 cm³/mol. The molecule has 168 valence electrons. The number of aromatic nitrogens is 3. The summed E-state index contributed by atoms with van der Waals surface area (Å²) in [6, 6.07) is 6.16. The van der Waals surface area contributed by atoms with E-state index in [0.29, 0.717) is 12.5 Å². The molecule has 2 saturated heterocycles. The highest BCUT2D eigenvalue weighted by atomic mass is 35.5. The number of piperidine rings is 1. The largest absolute Gasteiger partial charge is 0.356 e. The molecule has 0 spiro atoms. The molecule has 1 amide bonds. The van der Waals surface area contributed by atoms with Crippen molar-refractivity contribution in [3.05, 3.63) is 58.1 Å². The molecule has 2 fully saturated rings. The molecule has 0 unspecified atom stereocenters. The molecular formula is C24H27ClFN5O. The smallest absolute Gasteiger partial charge is 0.256 e. The van der Waals surface area contributed by atoms with Crippen molar-refractivity contribution in [2.75, 3.05) is 24.5 Å². The van der Waals surface area contributed by atoms with Crippen LogP contribution >= 0.6 is 11.6 Å². The van der Waals surface area contributed by atoms with Crippen LogP contribution in [0.5, 0.6) is 0 Å². The number of halogens is 2. The number of amides is 1. The first kappa shape index (κ1) is 21.2. The van der Waals surface area contributed by atoms with Gasteiger partial charge in [0.15, 0.2) is 5.65 Å². The maximum Gasteiger partial charge on any atom is 0.256 e. The average Bonchev–Trinajstić information content (AvgIpc) is 3.40. The molecule has 2 aliphatic rings. The van der Waals surface area contributed by atoms with E-state index in [0.717, 1.165) is 55.1 Å². The quantitative estimate of drug-likeness (QED) is 0.555. The normalized spacial score (nSPS) is 21.5. The van der Waals surface area contributed by atoms with Crippen LogP contribution in [0.15, 0.2) is 30.5 Å². The minimum absolute atomic E-state index is 0.126. The fourth-order valence-corrected chi connectivity index (χ4v) is 5.14. The molecule has 8 heteroatoms. The van der Waals surface area contributed by atoms with Gasteiger partial charge in [0.05, 0.1) is 22.3 Å². The first-order valence-electron chi connectivity index (χ1n) is 11.3. The Hall–Kier alpha value is -2.67. The third-order valence-electron chi connectivity index (χ3n) is 6.63. The zero-order valence-electron chi connectivity index (χ0n) is 18.4. The number of benzene rings is 1. The SMILES string of the molecule is Cc1cn2nc([C@@H]3CCCCN3C(=O)c3cccc(F)c3Cl)cc2nc1N1CC[C@H](C)C1. The van der Waals surface area contributed by atoms with Crippen LogP contribution in [0.25, 0.3) is 5.65 Å². The van der Waals surface area contributed by atoms with Crippen molar-refractivity contribution >= 4 is 29.0 Å². The molecule has 6 nitrogen and oxygen atoms in total. The number of hydrogen-bond donors (Lipinski definition) is 0. The molecule has 0 bridgehead atoms. The van der Waals surface area contributed by atoms with Crippen molar-refractivity contribution in [1.29, 1.82) is 0 Å². The number of hydrogen-bond acceptors (Lipinski definition) is 4. The molecule has 4 heterocycles. The zero-order chi connectivity index (χ0) is 22.4. The Kier molecular flexibility index (Phi) is 5.53. The summed E-state index contributed by atoms with van der Waals surface area (Å²) in [6.45, 7) is 6.96. The van der Waals surface area contributed by atoms with Crippen LogP contribution in [0.4, 0.5) is 10.2 Å². The van der Waals surface area contributed by atoms with Gasteiger partial charge in [-0.1, -0.05) is 24.6 Å². The predicted octanol–water partition coefficient (Wildman–Crippen LogP) is 5.04. The number of fused-ring (bicyclic) bond motifs is 1. The van der Waals surface area contributed by atoms with Crippen molar-refractivity contribution in [2.45, 2.75) is 45.6 Å². The standard InChI is InChI=1S/C24H27ClFN5O/c1-15-9-11-29(13-15)23-16(2)14-31-21(27-23)12-19(28-31)20-8-3-4-10-30(20)24(32)17-6-5-7-18(26)22(17)25/h5-7,12,14-15,20H,3-4,8-11,13H2,1-2H3/t15-,20-/m0/s1. The van der Waals surface area contributed by atoms with E-state index >= 15 is 0 Å². The summed E-state index contributed by atoms with van der Waals surface area (Å²) in [7, 11) is 0. The third kappa shape index (κ3) is 3.72. The van der Waals surface area contributed by atoms with Crippen molar-refractivity contribution in [3.63, 3.8) is 0 Å². The number of rotatable bonds is 3. The summed E-state index contributed by atoms with van der Waals surface area (Å²) >= 11 is 6.12. The Morgan fingerprint density at radius 1 is 1.22 bits per heavy atom. The van der Waals surface area contributed by atoms with Gasteiger partial charge in [0.2, 0.25) is 0 Å². The summed E-state index contributed by atoms with van der Waals surface area (Å²) in [5.74, 6) is 0.843. The van der Waals surface area contributed by atoms with Gasteiger partial charge in [-0.15, -0.1) is 0 Å². The van der Waals surface area contributed by atoms with E-state index in [2.05, 4.69) is 18.7 Å². The second-order valence-corrected chi connectivity index (χ2v) is 9.45. The number of carbonyl (C=O) groups is 1. The van der Waals surface area contributed by atoms with Crippen molar-refractivity contribution in [1.82, 2.24) is 19.5 Å². The molecule has 2 aliphatic heterocycles. The lowest BCUT2D eigenvalue weighted by atomic mass is 9.98. The molecular weight excluding hydrogens is 429 g/mol. The van der Waals surface area contributed by atoms with Gasteiger partial charge in [-0.3, -0.25) is 4.79 Å². The van der Waals surface area contributed by atoms with Gasteiger partial charge in [-0.25, -0.2) is 13.9 Å². The average molecular weight is 456 g/mol. The van der Waals surface area contributed by atoms with Crippen LogP contribution in [0.1, 0.15) is 60.3 Å². The molecule has 2 aromatic heterocycles. The molecule has 0 radical (unpaired) electrons. The van der Waals surface area contributed by atoms with Crippen LogP contribution in [0.3, 0.4) is 0 Å². The van der Waals surface area contributed by atoms with Gasteiger partial charge in [-0.2, -0.15) is 5.10 Å². The Labute approximate surface area is 192 Å². The van der Waals surface area contributed by atoms with Crippen molar-refractivity contribution in [3.8, 4) is 0 Å². The molecule has 0 aliphatic carbocycles. The van der Waals surface area contributed by atoms with Gasteiger partial charge in [0, 0.05) is 37.5 Å². The molecule has 3 aromatic rings. The van der Waals surface area contributed by atoms with Gasteiger partial charge < -0.3 is 9.80 Å². The Balaban J connectivity index is 1.48. The first-order valence-corrected chi connectivity index (χ1v) is 11.7. The van der Waals surface area contributed by atoms with E-state index in [1.54, 1.807) is 15.5 Å². The number of anilines is 1. The highest BCUT2D eigenvalue weighted by Crippen LogP contribution is 2.34. The monoisotopic (exact) mass is 455 g/mol. The van der Waals surface area contributed by atoms with Gasteiger partial charge in [0.1, 0.15) is 11.6 Å². The highest BCUT2D eigenvalue weighted by Gasteiger charge is 2.32. The summed E-state index contributed by atoms with van der Waals surface area (Å²) in [5, 5.41) is 4.65.